The molecule has 2 aromatic rings. The van der Waals surface area contributed by atoms with E-state index < -0.39 is 0 Å². The molecule has 3 rings (SSSR count). The van der Waals surface area contributed by atoms with Crippen LogP contribution in [0.25, 0.3) is 11.3 Å². The van der Waals surface area contributed by atoms with Gasteiger partial charge >= 0.3 is 0 Å². The maximum atomic E-state index is 12.4. The lowest BCUT2D eigenvalue weighted by atomic mass is 10.1. The average Bonchev–Trinajstić information content (AvgIpc) is 3.25. The molecule has 6 nitrogen and oxygen atoms in total. The van der Waals surface area contributed by atoms with E-state index in [-0.39, 0.29) is 17.9 Å². The van der Waals surface area contributed by atoms with Gasteiger partial charge in [-0.15, -0.1) is 11.3 Å². The van der Waals surface area contributed by atoms with Crippen molar-refractivity contribution < 1.29 is 9.59 Å². The second-order valence-corrected chi connectivity index (χ2v) is 6.66. The molecule has 1 aliphatic heterocycles. The minimum Gasteiger partial charge on any atom is -0.326 e. The molecule has 1 fully saturated rings. The van der Waals surface area contributed by atoms with Crippen LogP contribution in [0.5, 0.6) is 0 Å². The maximum absolute atomic E-state index is 12.4. The highest BCUT2D eigenvalue weighted by atomic mass is 32.1. The van der Waals surface area contributed by atoms with Crippen molar-refractivity contribution in [3.05, 3.63) is 29.6 Å². The summed E-state index contributed by atoms with van der Waals surface area (Å²) in [6.45, 7) is 2.38. The highest BCUT2D eigenvalue weighted by molar-refractivity contribution is 7.14. The zero-order valence-corrected chi connectivity index (χ0v) is 14.5. The van der Waals surface area contributed by atoms with Crippen molar-refractivity contribution in [1.29, 1.82) is 0 Å². The summed E-state index contributed by atoms with van der Waals surface area (Å²) in [5, 5.41) is 8.58. The number of hydrogen-bond acceptors (Lipinski definition) is 5. The zero-order valence-electron chi connectivity index (χ0n) is 13.7. The van der Waals surface area contributed by atoms with E-state index in [2.05, 4.69) is 15.6 Å². The molecular weight excluding hydrogens is 324 g/mol. The van der Waals surface area contributed by atoms with Crippen LogP contribution in [0.4, 0.5) is 10.8 Å². The van der Waals surface area contributed by atoms with E-state index >= 15 is 0 Å². The highest BCUT2D eigenvalue weighted by Crippen LogP contribution is 2.28. The first kappa shape index (κ1) is 16.6. The smallest absolute Gasteiger partial charge is 0.245 e. The minimum absolute atomic E-state index is 0.0643. The molecule has 0 radical (unpaired) electrons. The lowest BCUT2D eigenvalue weighted by Gasteiger charge is -2.18. The first-order valence-corrected chi connectivity index (χ1v) is 8.77. The van der Waals surface area contributed by atoms with E-state index in [0.29, 0.717) is 5.13 Å². The van der Waals surface area contributed by atoms with Gasteiger partial charge in [0.2, 0.25) is 11.8 Å². The molecule has 2 heterocycles. The van der Waals surface area contributed by atoms with Crippen molar-refractivity contribution >= 4 is 34.0 Å². The van der Waals surface area contributed by atoms with Crippen molar-refractivity contribution in [2.24, 2.45) is 0 Å². The van der Waals surface area contributed by atoms with Gasteiger partial charge in [-0.05, 0) is 31.5 Å². The predicted molar refractivity (Wildman–Crippen MR) is 96.3 cm³/mol. The lowest BCUT2D eigenvalue weighted by Crippen LogP contribution is -2.41. The molecule has 2 N–H and O–H groups in total. The van der Waals surface area contributed by atoms with Crippen molar-refractivity contribution in [3.63, 3.8) is 0 Å². The number of hydrogen-bond donors (Lipinski definition) is 2. The molecule has 0 bridgehead atoms. The van der Waals surface area contributed by atoms with Gasteiger partial charge in [-0.2, -0.15) is 0 Å². The summed E-state index contributed by atoms with van der Waals surface area (Å²) in [6, 6.07) is 7.40. The normalized spacial score (nSPS) is 16.8. The average molecular weight is 344 g/mol. The number of benzene rings is 1. The van der Waals surface area contributed by atoms with E-state index in [1.807, 2.05) is 29.6 Å². The van der Waals surface area contributed by atoms with Crippen molar-refractivity contribution in [1.82, 2.24) is 10.3 Å². The summed E-state index contributed by atoms with van der Waals surface area (Å²) >= 11 is 1.45. The Bertz CT molecular complexity index is 735. The third kappa shape index (κ3) is 3.63. The first-order chi connectivity index (χ1) is 11.5. The lowest BCUT2D eigenvalue weighted by molar-refractivity contribution is -0.120. The molecular formula is C17H20N4O2S. The topological polar surface area (TPSA) is 74.3 Å². The molecule has 1 aromatic carbocycles. The highest BCUT2D eigenvalue weighted by Gasteiger charge is 2.26. The van der Waals surface area contributed by atoms with Gasteiger partial charge in [0.25, 0.3) is 0 Å². The van der Waals surface area contributed by atoms with Gasteiger partial charge in [-0.1, -0.05) is 12.1 Å². The monoisotopic (exact) mass is 344 g/mol. The number of carbonyl (C=O) groups excluding carboxylic acids is 2. The van der Waals surface area contributed by atoms with Gasteiger partial charge in [0.05, 0.1) is 11.7 Å². The number of carbonyl (C=O) groups is 2. The second-order valence-electron chi connectivity index (χ2n) is 5.82. The number of anilines is 2. The Morgan fingerprint density at radius 3 is 2.71 bits per heavy atom. The second kappa shape index (κ2) is 7.11. The van der Waals surface area contributed by atoms with E-state index in [0.717, 1.165) is 36.3 Å². The fourth-order valence-electron chi connectivity index (χ4n) is 2.70. The van der Waals surface area contributed by atoms with Crippen molar-refractivity contribution in [3.8, 4) is 11.3 Å². The quantitative estimate of drug-likeness (QED) is 0.894. The van der Waals surface area contributed by atoms with Crippen LogP contribution >= 0.6 is 11.3 Å². The molecule has 1 unspecified atom stereocenters. The summed E-state index contributed by atoms with van der Waals surface area (Å²) in [6.07, 6.45) is 1.92. The van der Waals surface area contributed by atoms with Crippen LogP contribution in [-0.2, 0) is 9.59 Å². The number of aromatic nitrogens is 1. The first-order valence-electron chi connectivity index (χ1n) is 7.89. The van der Waals surface area contributed by atoms with E-state index in [1.165, 1.54) is 18.3 Å². The number of rotatable bonds is 4. The number of amides is 2. The van der Waals surface area contributed by atoms with E-state index in [4.69, 9.17) is 0 Å². The zero-order chi connectivity index (χ0) is 17.1. The minimum atomic E-state index is -0.0979. The molecule has 7 heteroatoms. The van der Waals surface area contributed by atoms with Gasteiger partial charge in [0, 0.05) is 30.6 Å². The molecule has 0 saturated carbocycles. The summed E-state index contributed by atoms with van der Waals surface area (Å²) < 4.78 is 0. The van der Waals surface area contributed by atoms with Crippen LogP contribution in [0.2, 0.25) is 0 Å². The maximum Gasteiger partial charge on any atom is 0.245 e. The molecule has 0 spiro atoms. The van der Waals surface area contributed by atoms with Gasteiger partial charge in [0.15, 0.2) is 5.13 Å². The van der Waals surface area contributed by atoms with Gasteiger partial charge in [-0.25, -0.2) is 4.98 Å². The summed E-state index contributed by atoms with van der Waals surface area (Å²) in [4.78, 5) is 29.7. The summed E-state index contributed by atoms with van der Waals surface area (Å²) in [5.41, 5.74) is 2.52. The molecule has 126 valence electrons. The number of thiazole rings is 1. The van der Waals surface area contributed by atoms with Crippen LogP contribution in [0, 0.1) is 0 Å². The van der Waals surface area contributed by atoms with Crippen LogP contribution in [0.3, 0.4) is 0 Å². The molecule has 2 amide bonds. The fraction of sp³-hybridized carbons (Fsp3) is 0.353. The Kier molecular flexibility index (Phi) is 4.92. The van der Waals surface area contributed by atoms with Crippen LogP contribution in [-0.4, -0.2) is 36.4 Å². The summed E-state index contributed by atoms with van der Waals surface area (Å²) in [7, 11) is 1.77. The molecule has 1 aliphatic rings. The fourth-order valence-corrected chi connectivity index (χ4v) is 3.51. The summed E-state index contributed by atoms with van der Waals surface area (Å²) in [5.74, 6) is -0.0336. The molecule has 1 aromatic heterocycles. The largest absolute Gasteiger partial charge is 0.326 e. The molecule has 24 heavy (non-hydrogen) atoms. The van der Waals surface area contributed by atoms with Gasteiger partial charge in [0.1, 0.15) is 0 Å². The molecule has 0 aliphatic carbocycles. The SMILES string of the molecule is CC(=O)Nc1ccc(-c2csc(N(C)C(=O)C3CCCN3)n2)cc1. The Hall–Kier alpha value is -2.25. The Labute approximate surface area is 144 Å². The van der Waals surface area contributed by atoms with Gasteiger partial charge in [-0.3, -0.25) is 14.5 Å². The van der Waals surface area contributed by atoms with E-state index in [1.54, 1.807) is 11.9 Å². The third-order valence-corrected chi connectivity index (χ3v) is 4.89. The van der Waals surface area contributed by atoms with Gasteiger partial charge < -0.3 is 10.6 Å². The van der Waals surface area contributed by atoms with Crippen LogP contribution in [0.15, 0.2) is 29.6 Å². The van der Waals surface area contributed by atoms with Crippen LogP contribution < -0.4 is 15.5 Å². The molecule has 1 saturated heterocycles. The predicted octanol–water partition coefficient (Wildman–Crippen LogP) is 2.48. The number of likely N-dealkylation sites (N-methyl/N-ethyl adjacent to an activating group) is 1. The van der Waals surface area contributed by atoms with E-state index in [9.17, 15) is 9.59 Å². The van der Waals surface area contributed by atoms with Crippen molar-refractivity contribution in [2.75, 3.05) is 23.8 Å². The number of nitrogens with zero attached hydrogens (tertiary/aromatic N) is 2. The third-order valence-electron chi connectivity index (χ3n) is 3.97. The Morgan fingerprint density at radius 2 is 2.08 bits per heavy atom. The molecule has 1 atom stereocenters. The standard InChI is InChI=1S/C17H20N4O2S/c1-11(22)19-13-7-5-12(6-8-13)15-10-24-17(20-15)21(2)16(23)14-4-3-9-18-14/h5-8,10,14,18H,3-4,9H2,1-2H3,(H,19,22). The Balaban J connectivity index is 1.72. The van der Waals surface area contributed by atoms with Crippen molar-refractivity contribution in [2.45, 2.75) is 25.8 Å². The van der Waals surface area contributed by atoms with Crippen LogP contribution in [0.1, 0.15) is 19.8 Å². The Morgan fingerprint density at radius 1 is 1.33 bits per heavy atom. The number of nitrogens with one attached hydrogen (secondary N) is 2.